The molecule has 1 fully saturated rings. The van der Waals surface area contributed by atoms with E-state index in [-0.39, 0.29) is 31.7 Å². The number of hydrogen-bond donors (Lipinski definition) is 0. The monoisotopic (exact) mass is 175 g/mol. The first kappa shape index (κ1) is 11.5. The van der Waals surface area contributed by atoms with E-state index in [1.165, 1.54) is 0 Å². The van der Waals surface area contributed by atoms with E-state index in [0.29, 0.717) is 0 Å². The zero-order valence-corrected chi connectivity index (χ0v) is 5.31. The fourth-order valence-corrected chi connectivity index (χ4v) is 0.859. The number of rotatable bonds is 0. The first-order valence-corrected chi connectivity index (χ1v) is 2.85. The van der Waals surface area contributed by atoms with E-state index in [1.54, 1.807) is 0 Å². The molecule has 0 atom stereocenters. The van der Waals surface area contributed by atoms with Gasteiger partial charge in [-0.3, -0.25) is 9.59 Å². The van der Waals surface area contributed by atoms with E-state index in [2.05, 4.69) is 0 Å². The van der Waals surface area contributed by atoms with E-state index >= 15 is 0 Å². The van der Waals surface area contributed by atoms with Gasteiger partial charge in [-0.1, -0.05) is 0 Å². The molecule has 2 amide bonds. The van der Waals surface area contributed by atoms with E-state index < -0.39 is 23.0 Å². The van der Waals surface area contributed by atoms with Crippen molar-refractivity contribution >= 4 is 30.7 Å². The first-order valence-electron chi connectivity index (χ1n) is 2.85. The molecule has 1 heterocycles. The van der Waals surface area contributed by atoms with Crippen LogP contribution in [0.15, 0.2) is 0 Å². The van der Waals surface area contributed by atoms with Crippen molar-refractivity contribution in [2.45, 2.75) is 19.1 Å². The van der Waals surface area contributed by atoms with Crippen LogP contribution in [-0.4, -0.2) is 41.9 Å². The number of carbonyl (C=O) groups excluding carboxylic acids is 2. The van der Waals surface area contributed by atoms with Crippen molar-refractivity contribution in [1.82, 2.24) is 4.90 Å². The Morgan fingerprint density at radius 3 is 1.58 bits per heavy atom. The van der Waals surface area contributed by atoms with Crippen LogP contribution in [0.25, 0.3) is 0 Å². The predicted molar refractivity (Wildman–Crippen MR) is 34.3 cm³/mol. The summed E-state index contributed by atoms with van der Waals surface area (Å²) in [4.78, 5) is 20.2. The molecule has 12 heavy (non-hydrogen) atoms. The van der Waals surface area contributed by atoms with Crippen molar-refractivity contribution in [2.75, 3.05) is 0 Å². The molecule has 0 bridgehead atoms. The molecule has 3 nitrogen and oxygen atoms in total. The predicted octanol–water partition coefficient (Wildman–Crippen LogP) is 0.00670. The molecule has 0 N–H and O–H groups in total. The Kier molecular flexibility index (Phi) is 3.36. The third-order valence-corrected chi connectivity index (χ3v) is 1.31. The fraction of sp³-hybridized carbons (Fsp3) is 0.600. The second kappa shape index (κ2) is 3.50. The second-order valence-corrected chi connectivity index (χ2v) is 2.09. The maximum atomic E-state index is 11.7. The summed E-state index contributed by atoms with van der Waals surface area (Å²) >= 11 is 0. The molecule has 64 valence electrons. The van der Waals surface area contributed by atoms with E-state index in [1.807, 2.05) is 0 Å². The summed E-state index contributed by atoms with van der Waals surface area (Å²) in [6, 6.07) is 0. The number of imide groups is 1. The van der Waals surface area contributed by atoms with Crippen LogP contribution in [0.5, 0.6) is 0 Å². The van der Waals surface area contributed by atoms with Gasteiger partial charge in [0.25, 0.3) is 0 Å². The SMILES string of the molecule is O=C1CCC(=O)N1C(F)(F)F.[LiH]. The van der Waals surface area contributed by atoms with Crippen LogP contribution in [0.1, 0.15) is 12.8 Å². The van der Waals surface area contributed by atoms with Gasteiger partial charge in [-0.15, -0.1) is 13.2 Å². The molecule has 0 aromatic rings. The summed E-state index contributed by atoms with van der Waals surface area (Å²) in [6.45, 7) is 0. The number of amides is 2. The van der Waals surface area contributed by atoms with E-state index in [4.69, 9.17) is 0 Å². The zero-order valence-electron chi connectivity index (χ0n) is 5.31. The van der Waals surface area contributed by atoms with Crippen LogP contribution in [-0.2, 0) is 9.59 Å². The van der Waals surface area contributed by atoms with Gasteiger partial charge in [0.05, 0.1) is 0 Å². The number of nitrogens with zero attached hydrogens (tertiary/aromatic N) is 1. The van der Waals surface area contributed by atoms with Gasteiger partial charge >= 0.3 is 25.2 Å². The van der Waals surface area contributed by atoms with Gasteiger partial charge in [-0.05, 0) is 0 Å². The average molecular weight is 175 g/mol. The summed E-state index contributed by atoms with van der Waals surface area (Å²) in [6.07, 6.45) is -5.51. The average Bonchev–Trinajstić information content (AvgIpc) is 2.08. The third kappa shape index (κ3) is 2.02. The summed E-state index contributed by atoms with van der Waals surface area (Å²) < 4.78 is 35.2. The summed E-state index contributed by atoms with van der Waals surface area (Å²) in [5, 5.41) is 0. The Morgan fingerprint density at radius 2 is 1.42 bits per heavy atom. The minimum atomic E-state index is -4.84. The molecule has 1 saturated heterocycles. The van der Waals surface area contributed by atoms with Crippen molar-refractivity contribution in [3.05, 3.63) is 0 Å². The van der Waals surface area contributed by atoms with Gasteiger partial charge in [0, 0.05) is 12.8 Å². The van der Waals surface area contributed by atoms with Crippen molar-refractivity contribution in [2.24, 2.45) is 0 Å². The van der Waals surface area contributed by atoms with Gasteiger partial charge in [-0.25, -0.2) is 0 Å². The molecule has 1 aliphatic heterocycles. The van der Waals surface area contributed by atoms with Gasteiger partial charge < -0.3 is 0 Å². The van der Waals surface area contributed by atoms with Crippen LogP contribution < -0.4 is 0 Å². The van der Waals surface area contributed by atoms with Crippen LogP contribution in [0.4, 0.5) is 13.2 Å². The van der Waals surface area contributed by atoms with Crippen molar-refractivity contribution in [3.63, 3.8) is 0 Å². The Labute approximate surface area is 78.1 Å². The van der Waals surface area contributed by atoms with Crippen molar-refractivity contribution in [3.8, 4) is 0 Å². The normalized spacial score (nSPS) is 18.1. The molecule has 1 rings (SSSR count). The molecule has 0 aromatic carbocycles. The molecular formula is C5H5F3LiNO2. The first-order chi connectivity index (χ1) is 4.93. The van der Waals surface area contributed by atoms with Gasteiger partial charge in [0.1, 0.15) is 0 Å². The van der Waals surface area contributed by atoms with Crippen LogP contribution in [0, 0.1) is 0 Å². The van der Waals surface area contributed by atoms with Gasteiger partial charge in [0.2, 0.25) is 11.8 Å². The minimum absolute atomic E-state index is 0. The quantitative estimate of drug-likeness (QED) is 0.295. The fourth-order valence-electron chi connectivity index (χ4n) is 0.859. The van der Waals surface area contributed by atoms with Crippen LogP contribution in [0.2, 0.25) is 0 Å². The Morgan fingerprint density at radius 1 is 1.08 bits per heavy atom. The zero-order chi connectivity index (χ0) is 8.65. The maximum absolute atomic E-state index is 11.7. The second-order valence-electron chi connectivity index (χ2n) is 2.09. The molecule has 7 heteroatoms. The van der Waals surface area contributed by atoms with E-state index in [0.717, 1.165) is 0 Å². The number of halogens is 3. The number of hydrogen-bond acceptors (Lipinski definition) is 2. The van der Waals surface area contributed by atoms with Crippen molar-refractivity contribution < 1.29 is 22.8 Å². The Bertz CT molecular complexity index is 199. The molecule has 1 aliphatic rings. The Balaban J connectivity index is 0.00000121. The molecule has 0 spiro atoms. The Hall–Kier alpha value is -0.473. The molecule has 0 aliphatic carbocycles. The third-order valence-electron chi connectivity index (χ3n) is 1.31. The molecular weight excluding hydrogens is 170 g/mol. The molecule has 0 aromatic heterocycles. The number of carbonyl (C=O) groups is 2. The van der Waals surface area contributed by atoms with Crippen molar-refractivity contribution in [1.29, 1.82) is 0 Å². The summed E-state index contributed by atoms with van der Waals surface area (Å²) in [7, 11) is 0. The standard InChI is InChI=1S/C5H4F3NO2.Li.H/c6-5(7,8)9-3(10)1-2-4(9)11;;/h1-2H2;;. The topological polar surface area (TPSA) is 37.4 Å². The number of alkyl halides is 3. The van der Waals surface area contributed by atoms with Gasteiger partial charge in [-0.2, -0.15) is 4.90 Å². The molecule has 0 unspecified atom stereocenters. The molecule has 0 saturated carbocycles. The van der Waals surface area contributed by atoms with Crippen LogP contribution in [0.3, 0.4) is 0 Å². The van der Waals surface area contributed by atoms with Gasteiger partial charge in [0.15, 0.2) is 0 Å². The summed E-state index contributed by atoms with van der Waals surface area (Å²) in [5.41, 5.74) is 0. The van der Waals surface area contributed by atoms with Crippen LogP contribution >= 0.6 is 0 Å². The number of likely N-dealkylation sites (tertiary alicyclic amines) is 1. The van der Waals surface area contributed by atoms with E-state index in [9.17, 15) is 22.8 Å². The molecule has 0 radical (unpaired) electrons. The summed E-state index contributed by atoms with van der Waals surface area (Å²) in [5.74, 6) is -2.33.